The van der Waals surface area contributed by atoms with Crippen LogP contribution in [0.5, 0.6) is 0 Å². The molecule has 3 nitrogen and oxygen atoms in total. The van der Waals surface area contributed by atoms with E-state index in [1.54, 1.807) is 7.11 Å². The molecule has 14 heavy (non-hydrogen) atoms. The average Bonchev–Trinajstić information content (AvgIpc) is 2.23. The van der Waals surface area contributed by atoms with Crippen molar-refractivity contribution >= 4 is 0 Å². The van der Waals surface area contributed by atoms with Crippen molar-refractivity contribution in [2.24, 2.45) is 11.1 Å². The topological polar surface area (TPSA) is 55.5 Å². The zero-order valence-corrected chi connectivity index (χ0v) is 9.33. The van der Waals surface area contributed by atoms with Gasteiger partial charge in [-0.1, -0.05) is 6.92 Å². The number of rotatable bonds is 4. The van der Waals surface area contributed by atoms with Gasteiger partial charge in [-0.3, -0.25) is 0 Å². The lowest BCUT2D eigenvalue weighted by atomic mass is 9.68. The molecule has 0 spiro atoms. The van der Waals surface area contributed by atoms with Gasteiger partial charge >= 0.3 is 0 Å². The van der Waals surface area contributed by atoms with Gasteiger partial charge in [0, 0.05) is 19.1 Å². The van der Waals surface area contributed by atoms with Crippen molar-refractivity contribution in [2.45, 2.75) is 51.2 Å². The highest BCUT2D eigenvalue weighted by atomic mass is 16.5. The van der Waals surface area contributed by atoms with E-state index in [4.69, 9.17) is 10.5 Å². The minimum atomic E-state index is -0.121. The van der Waals surface area contributed by atoms with E-state index in [1.165, 1.54) is 0 Å². The predicted molar refractivity (Wildman–Crippen MR) is 57.1 cm³/mol. The van der Waals surface area contributed by atoms with Crippen LogP contribution in [0, 0.1) is 5.41 Å². The Morgan fingerprint density at radius 2 is 2.07 bits per heavy atom. The summed E-state index contributed by atoms with van der Waals surface area (Å²) in [5, 5.41) is 9.48. The van der Waals surface area contributed by atoms with Crippen molar-refractivity contribution in [1.29, 1.82) is 0 Å². The number of nitrogens with two attached hydrogens (primary N) is 1. The Hall–Kier alpha value is -0.120. The molecule has 1 saturated carbocycles. The molecule has 0 saturated heterocycles. The van der Waals surface area contributed by atoms with Gasteiger partial charge in [-0.05, 0) is 32.1 Å². The first-order valence-corrected chi connectivity index (χ1v) is 5.59. The first-order valence-electron chi connectivity index (χ1n) is 5.59. The first-order chi connectivity index (χ1) is 6.68. The van der Waals surface area contributed by atoms with Gasteiger partial charge < -0.3 is 15.6 Å². The summed E-state index contributed by atoms with van der Waals surface area (Å²) < 4.78 is 5.51. The number of aliphatic hydroxyl groups is 1. The zero-order chi connectivity index (χ0) is 10.6. The molecule has 0 heterocycles. The molecule has 1 fully saturated rings. The molecular formula is C11H23NO2. The van der Waals surface area contributed by atoms with Crippen LogP contribution in [0.2, 0.25) is 0 Å². The van der Waals surface area contributed by atoms with Crippen molar-refractivity contribution in [1.82, 2.24) is 0 Å². The van der Waals surface area contributed by atoms with E-state index >= 15 is 0 Å². The number of methoxy groups -OCH3 is 1. The minimum Gasteiger partial charge on any atom is -0.393 e. The normalized spacial score (nSPS) is 35.6. The summed E-state index contributed by atoms with van der Waals surface area (Å²) in [5.41, 5.74) is 5.99. The molecule has 0 aliphatic heterocycles. The number of hydrogen-bond donors (Lipinski definition) is 2. The van der Waals surface area contributed by atoms with E-state index in [-0.39, 0.29) is 17.6 Å². The zero-order valence-electron chi connectivity index (χ0n) is 9.33. The molecule has 1 atom stereocenters. The summed E-state index contributed by atoms with van der Waals surface area (Å²) in [6, 6.07) is 0. The van der Waals surface area contributed by atoms with Crippen molar-refractivity contribution < 1.29 is 9.84 Å². The van der Waals surface area contributed by atoms with Crippen LogP contribution in [0.15, 0.2) is 0 Å². The van der Waals surface area contributed by atoms with Gasteiger partial charge in [0.05, 0.1) is 12.2 Å². The maximum atomic E-state index is 9.48. The number of ether oxygens (including phenoxy) is 1. The molecule has 1 aliphatic carbocycles. The van der Waals surface area contributed by atoms with Gasteiger partial charge in [-0.15, -0.1) is 0 Å². The second kappa shape index (κ2) is 5.10. The SMILES string of the molecule is CCC(OC)C1(CN)CCC(O)CC1. The van der Waals surface area contributed by atoms with Crippen molar-refractivity contribution in [2.75, 3.05) is 13.7 Å². The van der Waals surface area contributed by atoms with Gasteiger partial charge in [0.2, 0.25) is 0 Å². The van der Waals surface area contributed by atoms with Gasteiger partial charge in [0.1, 0.15) is 0 Å². The second-order valence-corrected chi connectivity index (χ2v) is 4.43. The van der Waals surface area contributed by atoms with Gasteiger partial charge in [0.15, 0.2) is 0 Å². The van der Waals surface area contributed by atoms with Crippen LogP contribution in [0.4, 0.5) is 0 Å². The maximum absolute atomic E-state index is 9.48. The minimum absolute atomic E-state index is 0.114. The van der Waals surface area contributed by atoms with E-state index in [2.05, 4.69) is 6.92 Å². The van der Waals surface area contributed by atoms with Crippen LogP contribution in [0.25, 0.3) is 0 Å². The summed E-state index contributed by atoms with van der Waals surface area (Å²) in [5.74, 6) is 0. The van der Waals surface area contributed by atoms with Crippen molar-refractivity contribution in [3.63, 3.8) is 0 Å². The second-order valence-electron chi connectivity index (χ2n) is 4.43. The maximum Gasteiger partial charge on any atom is 0.0637 e. The van der Waals surface area contributed by atoms with E-state index in [0.29, 0.717) is 6.54 Å². The Bertz CT molecular complexity index is 161. The molecular weight excluding hydrogens is 178 g/mol. The molecule has 0 aromatic carbocycles. The summed E-state index contributed by atoms with van der Waals surface area (Å²) in [6.07, 6.45) is 4.87. The van der Waals surface area contributed by atoms with Crippen LogP contribution in [-0.4, -0.2) is 31.0 Å². The molecule has 0 radical (unpaired) electrons. The fourth-order valence-corrected chi connectivity index (χ4v) is 2.68. The molecule has 84 valence electrons. The van der Waals surface area contributed by atoms with Crippen LogP contribution >= 0.6 is 0 Å². The molecule has 3 N–H and O–H groups in total. The lowest BCUT2D eigenvalue weighted by Gasteiger charge is -2.43. The lowest BCUT2D eigenvalue weighted by molar-refractivity contribution is -0.0518. The lowest BCUT2D eigenvalue weighted by Crippen LogP contribution is -2.46. The Labute approximate surface area is 86.6 Å². The number of aliphatic hydroxyl groups excluding tert-OH is 1. The third-order valence-corrected chi connectivity index (χ3v) is 3.70. The molecule has 0 aromatic rings. The molecule has 1 rings (SSSR count). The van der Waals surface area contributed by atoms with Crippen LogP contribution in [0.3, 0.4) is 0 Å². The molecule has 3 heteroatoms. The van der Waals surface area contributed by atoms with E-state index < -0.39 is 0 Å². The fourth-order valence-electron chi connectivity index (χ4n) is 2.68. The van der Waals surface area contributed by atoms with Gasteiger partial charge in [0.25, 0.3) is 0 Å². The Balaban J connectivity index is 2.65. The molecule has 1 unspecified atom stereocenters. The molecule has 0 amide bonds. The third kappa shape index (κ3) is 2.27. The highest BCUT2D eigenvalue weighted by Crippen LogP contribution is 2.40. The molecule has 0 bridgehead atoms. The summed E-state index contributed by atoms with van der Waals surface area (Å²) >= 11 is 0. The van der Waals surface area contributed by atoms with Crippen molar-refractivity contribution in [3.8, 4) is 0 Å². The van der Waals surface area contributed by atoms with Crippen LogP contribution in [-0.2, 0) is 4.74 Å². The quantitative estimate of drug-likeness (QED) is 0.720. The Kier molecular flexibility index (Phi) is 4.35. The van der Waals surface area contributed by atoms with Gasteiger partial charge in [-0.2, -0.15) is 0 Å². The monoisotopic (exact) mass is 201 g/mol. The molecule has 1 aliphatic rings. The largest absolute Gasteiger partial charge is 0.393 e. The number of hydrogen-bond acceptors (Lipinski definition) is 3. The first kappa shape index (κ1) is 12.0. The van der Waals surface area contributed by atoms with Gasteiger partial charge in [-0.25, -0.2) is 0 Å². The summed E-state index contributed by atoms with van der Waals surface area (Å²) in [7, 11) is 1.76. The highest BCUT2D eigenvalue weighted by Gasteiger charge is 2.39. The fraction of sp³-hybridized carbons (Fsp3) is 1.00. The van der Waals surface area contributed by atoms with E-state index in [9.17, 15) is 5.11 Å². The summed E-state index contributed by atoms with van der Waals surface area (Å²) in [4.78, 5) is 0. The average molecular weight is 201 g/mol. The predicted octanol–water partition coefficient (Wildman–Crippen LogP) is 1.29. The molecule has 0 aromatic heterocycles. The van der Waals surface area contributed by atoms with Crippen LogP contribution < -0.4 is 5.73 Å². The smallest absolute Gasteiger partial charge is 0.0637 e. The Morgan fingerprint density at radius 1 is 1.50 bits per heavy atom. The van der Waals surface area contributed by atoms with Crippen LogP contribution in [0.1, 0.15) is 39.0 Å². The Morgan fingerprint density at radius 3 is 2.43 bits per heavy atom. The van der Waals surface area contributed by atoms with E-state index in [1.807, 2.05) is 0 Å². The standard InChI is InChI=1S/C11H23NO2/c1-3-10(14-2)11(8-12)6-4-9(13)5-7-11/h9-10,13H,3-8,12H2,1-2H3. The highest BCUT2D eigenvalue weighted by molar-refractivity contribution is 4.92. The van der Waals surface area contributed by atoms with E-state index in [0.717, 1.165) is 32.1 Å². The van der Waals surface area contributed by atoms with Crippen molar-refractivity contribution in [3.05, 3.63) is 0 Å². The third-order valence-electron chi connectivity index (χ3n) is 3.70. The summed E-state index contributed by atoms with van der Waals surface area (Å²) in [6.45, 7) is 2.81.